The number of rotatable bonds is 6. The molecule has 70 valence electrons. The van der Waals surface area contributed by atoms with Gasteiger partial charge >= 0.3 is 0 Å². The highest BCUT2D eigenvalue weighted by Gasteiger charge is 2.25. The maximum atomic E-state index is 9.37. The molecule has 0 radical (unpaired) electrons. The summed E-state index contributed by atoms with van der Waals surface area (Å²) in [6, 6.07) is 0. The van der Waals surface area contributed by atoms with Crippen LogP contribution in [-0.2, 0) is 9.47 Å². The summed E-state index contributed by atoms with van der Waals surface area (Å²) in [7, 11) is 0. The van der Waals surface area contributed by atoms with E-state index in [4.69, 9.17) is 15.0 Å². The Morgan fingerprint density at radius 1 is 1.50 bits per heavy atom. The van der Waals surface area contributed by atoms with Crippen molar-refractivity contribution in [3.05, 3.63) is 10.4 Å². The maximum Gasteiger partial charge on any atom is 0.271 e. The Morgan fingerprint density at radius 2 is 2.17 bits per heavy atom. The quantitative estimate of drug-likeness (QED) is 0.283. The van der Waals surface area contributed by atoms with E-state index in [1.54, 1.807) is 13.8 Å². The molecule has 12 heavy (non-hydrogen) atoms. The van der Waals surface area contributed by atoms with Crippen LogP contribution < -0.4 is 0 Å². The molecule has 0 aliphatic carbocycles. The van der Waals surface area contributed by atoms with Gasteiger partial charge in [-0.1, -0.05) is 0 Å². The van der Waals surface area contributed by atoms with Crippen molar-refractivity contribution in [1.82, 2.24) is 0 Å². The average molecular weight is 175 g/mol. The number of nitrogens with zero attached hydrogens (tertiary/aromatic N) is 3. The second-order valence-corrected chi connectivity index (χ2v) is 2.00. The zero-order chi connectivity index (χ0) is 9.45. The minimum atomic E-state index is -1.86. The van der Waals surface area contributed by atoms with Crippen LogP contribution in [0.5, 0.6) is 0 Å². The highest BCUT2D eigenvalue weighted by atomic mass is 16.7. The third-order valence-electron chi connectivity index (χ3n) is 1.07. The van der Waals surface area contributed by atoms with Gasteiger partial charge in [-0.2, -0.15) is 0 Å². The zero-order valence-electron chi connectivity index (χ0n) is 7.23. The van der Waals surface area contributed by atoms with Gasteiger partial charge < -0.3 is 14.6 Å². The molecule has 0 aromatic heterocycles. The Hall–Kier alpha value is -0.810. The first-order valence-electron chi connectivity index (χ1n) is 3.69. The first-order valence-corrected chi connectivity index (χ1v) is 3.69. The van der Waals surface area contributed by atoms with Crippen molar-refractivity contribution in [3.8, 4) is 0 Å². The van der Waals surface area contributed by atoms with E-state index in [0.29, 0.717) is 6.61 Å². The summed E-state index contributed by atoms with van der Waals surface area (Å²) in [5.74, 6) is -1.86. The molecule has 0 saturated carbocycles. The Balaban J connectivity index is 4.07. The summed E-state index contributed by atoms with van der Waals surface area (Å²) in [5, 5.41) is 12.4. The van der Waals surface area contributed by atoms with E-state index in [1.807, 2.05) is 0 Å². The fourth-order valence-corrected chi connectivity index (χ4v) is 0.635. The van der Waals surface area contributed by atoms with Crippen LogP contribution in [0.2, 0.25) is 0 Å². The SMILES string of the molecule is CCOCC(O)(N=[N+]=[N-])OCC. The van der Waals surface area contributed by atoms with Crippen LogP contribution in [0.25, 0.3) is 10.4 Å². The van der Waals surface area contributed by atoms with E-state index in [2.05, 4.69) is 10.0 Å². The van der Waals surface area contributed by atoms with Gasteiger partial charge in [-0.3, -0.25) is 0 Å². The number of azide groups is 1. The summed E-state index contributed by atoms with van der Waals surface area (Å²) in [6.45, 7) is 3.98. The molecule has 0 spiro atoms. The van der Waals surface area contributed by atoms with Crippen LogP contribution >= 0.6 is 0 Å². The van der Waals surface area contributed by atoms with E-state index < -0.39 is 5.91 Å². The molecular formula is C6H13N3O3. The molecule has 0 aliphatic heterocycles. The molecule has 1 unspecified atom stereocenters. The zero-order valence-corrected chi connectivity index (χ0v) is 7.23. The molecule has 0 saturated heterocycles. The first kappa shape index (κ1) is 11.2. The average Bonchev–Trinajstić information content (AvgIpc) is 2.02. The molecule has 0 aliphatic rings. The summed E-state index contributed by atoms with van der Waals surface area (Å²) >= 11 is 0. The molecule has 0 aromatic rings. The van der Waals surface area contributed by atoms with E-state index in [1.165, 1.54) is 0 Å². The predicted octanol–water partition coefficient (Wildman–Crippen LogP) is 1.02. The van der Waals surface area contributed by atoms with Gasteiger partial charge in [0.25, 0.3) is 5.91 Å². The Kier molecular flexibility index (Phi) is 5.40. The van der Waals surface area contributed by atoms with Crippen LogP contribution in [-0.4, -0.2) is 30.8 Å². The van der Waals surface area contributed by atoms with Crippen molar-refractivity contribution in [2.24, 2.45) is 5.11 Å². The smallest absolute Gasteiger partial charge is 0.271 e. The molecule has 0 heterocycles. The van der Waals surface area contributed by atoms with Crippen molar-refractivity contribution in [2.45, 2.75) is 19.8 Å². The van der Waals surface area contributed by atoms with Crippen LogP contribution in [0.4, 0.5) is 0 Å². The van der Waals surface area contributed by atoms with Gasteiger partial charge in [0.2, 0.25) is 0 Å². The van der Waals surface area contributed by atoms with Crippen molar-refractivity contribution in [2.75, 3.05) is 19.8 Å². The Bertz CT molecular complexity index is 169. The van der Waals surface area contributed by atoms with Crippen molar-refractivity contribution >= 4 is 0 Å². The highest BCUT2D eigenvalue weighted by Crippen LogP contribution is 2.09. The molecule has 0 amide bonds. The molecule has 1 N–H and O–H groups in total. The number of aliphatic hydroxyl groups is 1. The van der Waals surface area contributed by atoms with Gasteiger partial charge in [0, 0.05) is 18.1 Å². The second-order valence-electron chi connectivity index (χ2n) is 2.00. The second kappa shape index (κ2) is 5.79. The lowest BCUT2D eigenvalue weighted by atomic mass is 10.5. The topological polar surface area (TPSA) is 87.5 Å². The van der Waals surface area contributed by atoms with Crippen molar-refractivity contribution < 1.29 is 14.6 Å². The fourth-order valence-electron chi connectivity index (χ4n) is 0.635. The molecule has 0 fully saturated rings. The molecule has 6 heteroatoms. The highest BCUT2D eigenvalue weighted by molar-refractivity contribution is 4.63. The fraction of sp³-hybridized carbons (Fsp3) is 1.00. The molecule has 0 rings (SSSR count). The van der Waals surface area contributed by atoms with Gasteiger partial charge in [-0.15, -0.1) is 0 Å². The standard InChI is InChI=1S/C6H13N3O3/c1-3-11-5-6(10,8-9-7)12-4-2/h10H,3-5H2,1-2H3. The van der Waals surface area contributed by atoms with Gasteiger partial charge in [0.1, 0.15) is 6.61 Å². The van der Waals surface area contributed by atoms with E-state index >= 15 is 0 Å². The van der Waals surface area contributed by atoms with Crippen LogP contribution in [0.3, 0.4) is 0 Å². The van der Waals surface area contributed by atoms with Crippen molar-refractivity contribution in [3.63, 3.8) is 0 Å². The van der Waals surface area contributed by atoms with Crippen LogP contribution in [0.1, 0.15) is 13.8 Å². The molecule has 1 atom stereocenters. The van der Waals surface area contributed by atoms with E-state index in [9.17, 15) is 5.11 Å². The molecule has 0 bridgehead atoms. The monoisotopic (exact) mass is 175 g/mol. The number of ether oxygens (including phenoxy) is 2. The maximum absolute atomic E-state index is 9.37. The largest absolute Gasteiger partial charge is 0.376 e. The minimum Gasteiger partial charge on any atom is -0.376 e. The van der Waals surface area contributed by atoms with Gasteiger partial charge in [0.15, 0.2) is 0 Å². The molecule has 0 aromatic carbocycles. The molecular weight excluding hydrogens is 162 g/mol. The summed E-state index contributed by atoms with van der Waals surface area (Å²) in [5.41, 5.74) is 8.09. The van der Waals surface area contributed by atoms with Crippen LogP contribution in [0, 0.1) is 0 Å². The number of hydrogen-bond donors (Lipinski definition) is 1. The van der Waals surface area contributed by atoms with Crippen LogP contribution in [0.15, 0.2) is 5.11 Å². The summed E-state index contributed by atoms with van der Waals surface area (Å²) in [6.07, 6.45) is 0. The van der Waals surface area contributed by atoms with Gasteiger partial charge in [0.05, 0.1) is 0 Å². The normalized spacial score (nSPS) is 14.9. The predicted molar refractivity (Wildman–Crippen MR) is 42.2 cm³/mol. The van der Waals surface area contributed by atoms with E-state index in [0.717, 1.165) is 0 Å². The van der Waals surface area contributed by atoms with E-state index in [-0.39, 0.29) is 13.2 Å². The first-order chi connectivity index (χ1) is 5.68. The minimum absolute atomic E-state index is 0.151. The van der Waals surface area contributed by atoms with Gasteiger partial charge in [-0.05, 0) is 24.5 Å². The Labute approximate surface area is 70.7 Å². The summed E-state index contributed by atoms with van der Waals surface area (Å²) < 4.78 is 9.65. The lowest BCUT2D eigenvalue weighted by molar-refractivity contribution is -0.224. The summed E-state index contributed by atoms with van der Waals surface area (Å²) in [4.78, 5) is 2.45. The third-order valence-corrected chi connectivity index (χ3v) is 1.07. The Morgan fingerprint density at radius 3 is 2.58 bits per heavy atom. The van der Waals surface area contributed by atoms with Gasteiger partial charge in [-0.25, -0.2) is 0 Å². The lowest BCUT2D eigenvalue weighted by Gasteiger charge is -2.21. The van der Waals surface area contributed by atoms with Crippen molar-refractivity contribution in [1.29, 1.82) is 0 Å². The molecule has 6 nitrogen and oxygen atoms in total. The third kappa shape index (κ3) is 4.15. The number of hydrogen-bond acceptors (Lipinski definition) is 4. The lowest BCUT2D eigenvalue weighted by Crippen LogP contribution is -2.35.